The molecule has 1 nitrogen and oxygen atoms in total. The average Bonchev–Trinajstić information content (AvgIpc) is 1.37. The molecule has 0 spiro atoms. The largest absolute Gasteiger partial charge is 0.198 e. The van der Waals surface area contributed by atoms with Crippen LogP contribution in [0, 0.1) is 11.3 Å². The summed E-state index contributed by atoms with van der Waals surface area (Å²) in [6, 6.07) is 1.93. The molecule has 0 N–H and O–H groups in total. The number of hydrogen-bond donors (Lipinski definition) is 0. The van der Waals surface area contributed by atoms with Gasteiger partial charge in [-0.25, -0.2) is 0 Å². The van der Waals surface area contributed by atoms with E-state index in [2.05, 4.69) is 0 Å². The molecule has 0 saturated heterocycles. The second-order valence-electron chi connectivity index (χ2n) is 0.512. The van der Waals surface area contributed by atoms with Gasteiger partial charge >= 0.3 is 0 Å². The minimum absolute atomic E-state index is 0. The van der Waals surface area contributed by atoms with Gasteiger partial charge in [-0.1, -0.05) is 6.92 Å². The second kappa shape index (κ2) is 8.93. The fourth-order valence-electron chi connectivity index (χ4n) is 0. The maximum Gasteiger partial charge on any atom is 0.0618 e. The second-order valence-corrected chi connectivity index (χ2v) is 0.512. The maximum absolute atomic E-state index is 7.62. The van der Waals surface area contributed by atoms with Crippen molar-refractivity contribution in [1.29, 1.82) is 5.26 Å². The van der Waals surface area contributed by atoms with Crippen LogP contribution in [0.4, 0.5) is 0 Å². The van der Waals surface area contributed by atoms with Crippen LogP contribution in [-0.2, 0) is 0 Å². The van der Waals surface area contributed by atoms with E-state index in [4.69, 9.17) is 5.26 Å². The van der Waals surface area contributed by atoms with Gasteiger partial charge in [0.2, 0.25) is 0 Å². The van der Waals surface area contributed by atoms with E-state index in [1.807, 2.05) is 13.0 Å². The molecule has 0 bridgehead atoms. The Hall–Kier alpha value is 1.13. The van der Waals surface area contributed by atoms with Crippen LogP contribution in [-0.4, -0.2) is 51.4 Å². The number of nitrogens with zero attached hydrogens (tertiary/aromatic N) is 1. The van der Waals surface area contributed by atoms with E-state index in [1.54, 1.807) is 0 Å². The van der Waals surface area contributed by atoms with Crippen LogP contribution in [0.2, 0.25) is 0 Å². The molecule has 0 aliphatic rings. The Morgan fingerprint density at radius 2 is 2.00 bits per heavy atom. The molecule has 2 heteroatoms. The van der Waals surface area contributed by atoms with Gasteiger partial charge in [-0.15, -0.1) is 0 Å². The third kappa shape index (κ3) is 11.1. The Balaban J connectivity index is 0. The van der Waals surface area contributed by atoms with Crippen LogP contribution in [0.5, 0.6) is 0 Å². The van der Waals surface area contributed by atoms with Gasteiger partial charge in [0.25, 0.3) is 0 Å². The molecule has 0 aromatic heterocycles. The molecule has 0 saturated carbocycles. The first-order chi connectivity index (χ1) is 1.91. The maximum atomic E-state index is 7.62. The Kier molecular flexibility index (Phi) is 16.9. The molecule has 5 heavy (non-hydrogen) atoms. The summed E-state index contributed by atoms with van der Waals surface area (Å²) < 4.78 is 0. The van der Waals surface area contributed by atoms with Crippen molar-refractivity contribution in [3.63, 3.8) is 0 Å². The smallest absolute Gasteiger partial charge is 0.0618 e. The van der Waals surface area contributed by atoms with Gasteiger partial charge in [-0.3, -0.25) is 0 Å². The summed E-state index contributed by atoms with van der Waals surface area (Å²) in [5, 5.41) is 7.62. The van der Waals surface area contributed by atoms with E-state index >= 15 is 0 Å². The van der Waals surface area contributed by atoms with E-state index in [-0.39, 0.29) is 51.4 Å². The van der Waals surface area contributed by atoms with Gasteiger partial charge in [0.1, 0.15) is 0 Å². The summed E-state index contributed by atoms with van der Waals surface area (Å²) in [5.74, 6) is 0. The zero-order valence-corrected chi connectivity index (χ0v) is 6.78. The minimum Gasteiger partial charge on any atom is -0.198 e. The predicted molar refractivity (Wildman–Crippen MR) is 21.7 cm³/mol. The van der Waals surface area contributed by atoms with Crippen LogP contribution in [0.1, 0.15) is 13.3 Å². The van der Waals surface area contributed by atoms with Gasteiger partial charge in [-0.05, 0) is 0 Å². The van der Waals surface area contributed by atoms with Gasteiger partial charge in [0, 0.05) is 57.8 Å². The summed E-state index contributed by atoms with van der Waals surface area (Å²) in [7, 11) is 0. The van der Waals surface area contributed by atoms with Gasteiger partial charge in [0.15, 0.2) is 0 Å². The first-order valence-electron chi connectivity index (χ1n) is 1.28. The molecule has 0 rings (SSSR count). The Morgan fingerprint density at radius 1 is 1.80 bits per heavy atom. The van der Waals surface area contributed by atoms with Gasteiger partial charge < -0.3 is 0 Å². The van der Waals surface area contributed by atoms with E-state index < -0.39 is 0 Å². The summed E-state index contributed by atoms with van der Waals surface area (Å²) in [6.45, 7) is 1.82. The normalized spacial score (nSPS) is 4.00. The standard InChI is InChI=1S/C3H5N.K/c1-2-3-4;/h2H2,1H3;. The molecular weight excluding hydrogens is 89.1 g/mol. The Morgan fingerprint density at radius 3 is 2.00 bits per heavy atom. The fourth-order valence-corrected chi connectivity index (χ4v) is 0. The van der Waals surface area contributed by atoms with Crippen molar-refractivity contribution in [2.24, 2.45) is 0 Å². The molecule has 0 aliphatic heterocycles. The molecule has 0 unspecified atom stereocenters. The Bertz CT molecular complexity index is 36.6. The van der Waals surface area contributed by atoms with E-state index in [9.17, 15) is 0 Å². The SMILES string of the molecule is CCC#N.[K]. The van der Waals surface area contributed by atoms with Crippen LogP contribution in [0.25, 0.3) is 0 Å². The molecule has 0 aromatic carbocycles. The van der Waals surface area contributed by atoms with Crippen molar-refractivity contribution in [3.8, 4) is 6.07 Å². The van der Waals surface area contributed by atoms with Crippen molar-refractivity contribution in [2.75, 3.05) is 0 Å². The van der Waals surface area contributed by atoms with Crippen molar-refractivity contribution in [3.05, 3.63) is 0 Å². The quantitative estimate of drug-likeness (QED) is 0.402. The molecule has 0 atom stereocenters. The summed E-state index contributed by atoms with van der Waals surface area (Å²) in [5.41, 5.74) is 0. The van der Waals surface area contributed by atoms with E-state index in [0.717, 1.165) is 0 Å². The molecule has 0 aliphatic carbocycles. The van der Waals surface area contributed by atoms with Crippen molar-refractivity contribution in [2.45, 2.75) is 13.3 Å². The molecule has 0 fully saturated rings. The van der Waals surface area contributed by atoms with Crippen molar-refractivity contribution >= 4 is 51.4 Å². The molecule has 0 heterocycles. The van der Waals surface area contributed by atoms with Crippen LogP contribution >= 0.6 is 0 Å². The van der Waals surface area contributed by atoms with Crippen molar-refractivity contribution in [1.82, 2.24) is 0 Å². The monoisotopic (exact) mass is 94.0 g/mol. The average molecular weight is 94.2 g/mol. The minimum atomic E-state index is 0. The molecule has 0 aromatic rings. The summed E-state index contributed by atoms with van der Waals surface area (Å²) >= 11 is 0. The number of nitriles is 1. The predicted octanol–water partition coefficient (Wildman–Crippen LogP) is 0.539. The number of hydrogen-bond acceptors (Lipinski definition) is 1. The first-order valence-corrected chi connectivity index (χ1v) is 1.28. The zero-order valence-electron chi connectivity index (χ0n) is 3.65. The molecule has 23 valence electrons. The van der Waals surface area contributed by atoms with E-state index in [1.165, 1.54) is 0 Å². The van der Waals surface area contributed by atoms with Crippen LogP contribution < -0.4 is 0 Å². The van der Waals surface area contributed by atoms with Crippen LogP contribution in [0.15, 0.2) is 0 Å². The van der Waals surface area contributed by atoms with E-state index in [0.29, 0.717) is 6.42 Å². The summed E-state index contributed by atoms with van der Waals surface area (Å²) in [6.07, 6.45) is 0.625. The van der Waals surface area contributed by atoms with Crippen LogP contribution in [0.3, 0.4) is 0 Å². The molecular formula is C3H5KN. The third-order valence-electron chi connectivity index (χ3n) is 0.158. The third-order valence-corrected chi connectivity index (χ3v) is 0.158. The molecule has 1 radical (unpaired) electrons. The van der Waals surface area contributed by atoms with Gasteiger partial charge in [0.05, 0.1) is 6.07 Å². The zero-order chi connectivity index (χ0) is 3.41. The van der Waals surface area contributed by atoms with Gasteiger partial charge in [-0.2, -0.15) is 5.26 Å². The number of rotatable bonds is 0. The topological polar surface area (TPSA) is 23.8 Å². The molecule has 0 amide bonds. The summed E-state index contributed by atoms with van der Waals surface area (Å²) in [4.78, 5) is 0. The van der Waals surface area contributed by atoms with Crippen molar-refractivity contribution < 1.29 is 0 Å². The first kappa shape index (κ1) is 9.46. The fraction of sp³-hybridized carbons (Fsp3) is 0.667. The Labute approximate surface area is 74.8 Å².